The van der Waals surface area contributed by atoms with Gasteiger partial charge in [0.15, 0.2) is 0 Å². The van der Waals surface area contributed by atoms with E-state index in [0.717, 1.165) is 6.07 Å². The number of benzene rings is 1. The molecule has 1 aromatic carbocycles. The summed E-state index contributed by atoms with van der Waals surface area (Å²) in [7, 11) is 0. The summed E-state index contributed by atoms with van der Waals surface area (Å²) >= 11 is 5.53. The van der Waals surface area contributed by atoms with Gasteiger partial charge in [-0.2, -0.15) is 8.78 Å². The van der Waals surface area contributed by atoms with E-state index in [4.69, 9.17) is 11.6 Å². The van der Waals surface area contributed by atoms with Crippen molar-refractivity contribution in [3.63, 3.8) is 0 Å². The Labute approximate surface area is 108 Å². The molecule has 0 fully saturated rings. The number of halogens is 7. The molecule has 0 N–H and O–H groups in total. The number of ether oxygens (including phenoxy) is 2. The van der Waals surface area contributed by atoms with Gasteiger partial charge in [0, 0.05) is 0 Å². The Hall–Kier alpha value is -1.15. The number of rotatable bonds is 4. The van der Waals surface area contributed by atoms with Gasteiger partial charge >= 0.3 is 18.8 Å². The lowest BCUT2D eigenvalue weighted by atomic mass is 10.2. The van der Waals surface area contributed by atoms with Gasteiger partial charge in [0.2, 0.25) is 0 Å². The van der Waals surface area contributed by atoms with Crippen LogP contribution >= 0.6 is 11.6 Å². The fourth-order valence-electron chi connectivity index (χ4n) is 1.07. The van der Waals surface area contributed by atoms with E-state index in [1.165, 1.54) is 12.1 Å². The third kappa shape index (κ3) is 4.79. The van der Waals surface area contributed by atoms with Crippen molar-refractivity contribution in [1.82, 2.24) is 0 Å². The molecule has 0 saturated carbocycles. The maximum atomic E-state index is 13.0. The maximum Gasteiger partial charge on any atom is 0.525 e. The zero-order valence-electron chi connectivity index (χ0n) is 9.27. The van der Waals surface area contributed by atoms with Crippen molar-refractivity contribution in [3.8, 4) is 5.75 Å². The molecule has 2 nitrogen and oxygen atoms in total. The molecular weight excluding hydrogens is 302 g/mol. The SMILES string of the molecule is Cc1ccc(OC(F)(F)C(F)OC(F)(F)F)c(Cl)c1. The molecule has 1 aromatic rings. The van der Waals surface area contributed by atoms with E-state index in [0.29, 0.717) is 5.56 Å². The first-order valence-electron chi connectivity index (χ1n) is 4.73. The molecule has 0 heterocycles. The Morgan fingerprint density at radius 1 is 1.16 bits per heavy atom. The third-order valence-electron chi connectivity index (χ3n) is 1.83. The minimum absolute atomic E-state index is 0.293. The van der Waals surface area contributed by atoms with Crippen molar-refractivity contribution >= 4 is 11.6 Å². The minimum Gasteiger partial charge on any atom is -0.427 e. The van der Waals surface area contributed by atoms with Gasteiger partial charge in [-0.3, -0.25) is 0 Å². The van der Waals surface area contributed by atoms with Crippen molar-refractivity contribution in [2.24, 2.45) is 0 Å². The van der Waals surface area contributed by atoms with Crippen LogP contribution in [0.4, 0.5) is 26.3 Å². The molecule has 0 spiro atoms. The Bertz CT molecular complexity index is 448. The van der Waals surface area contributed by atoms with Crippen LogP contribution in [0, 0.1) is 6.92 Å². The molecule has 0 aliphatic rings. The van der Waals surface area contributed by atoms with E-state index in [1.807, 2.05) is 0 Å². The molecule has 108 valence electrons. The molecule has 0 aliphatic carbocycles. The van der Waals surface area contributed by atoms with Crippen LogP contribution in [0.1, 0.15) is 5.56 Å². The smallest absolute Gasteiger partial charge is 0.427 e. The molecule has 1 unspecified atom stereocenters. The van der Waals surface area contributed by atoms with Crippen LogP contribution in [0.3, 0.4) is 0 Å². The highest BCUT2D eigenvalue weighted by atomic mass is 35.5. The molecule has 0 radical (unpaired) electrons. The van der Waals surface area contributed by atoms with Crippen LogP contribution in [-0.2, 0) is 4.74 Å². The van der Waals surface area contributed by atoms with E-state index in [-0.39, 0.29) is 5.02 Å². The minimum atomic E-state index is -5.55. The summed E-state index contributed by atoms with van der Waals surface area (Å²) in [6, 6.07) is 3.52. The average Bonchev–Trinajstić information content (AvgIpc) is 2.19. The van der Waals surface area contributed by atoms with Crippen molar-refractivity contribution in [2.75, 3.05) is 0 Å². The molecular formula is C10H7ClF6O2. The third-order valence-corrected chi connectivity index (χ3v) is 2.13. The number of aryl methyl sites for hydroxylation is 1. The van der Waals surface area contributed by atoms with Gasteiger partial charge in [-0.1, -0.05) is 17.7 Å². The van der Waals surface area contributed by atoms with Crippen molar-refractivity contribution in [2.45, 2.75) is 25.8 Å². The fourth-order valence-corrected chi connectivity index (χ4v) is 1.34. The normalized spacial score (nSPS) is 14.3. The molecule has 0 bridgehead atoms. The summed E-state index contributed by atoms with van der Waals surface area (Å²) in [6.45, 7) is 1.60. The Morgan fingerprint density at radius 2 is 1.74 bits per heavy atom. The van der Waals surface area contributed by atoms with Gasteiger partial charge in [0.25, 0.3) is 0 Å². The van der Waals surface area contributed by atoms with E-state index < -0.39 is 24.6 Å². The van der Waals surface area contributed by atoms with Gasteiger partial charge < -0.3 is 4.74 Å². The second-order valence-corrected chi connectivity index (χ2v) is 3.88. The van der Waals surface area contributed by atoms with Crippen LogP contribution in [0.5, 0.6) is 5.75 Å². The van der Waals surface area contributed by atoms with Crippen LogP contribution < -0.4 is 4.74 Å². The molecule has 0 amide bonds. The molecule has 9 heteroatoms. The van der Waals surface area contributed by atoms with Crippen molar-refractivity contribution < 1.29 is 35.8 Å². The van der Waals surface area contributed by atoms with Crippen LogP contribution in [0.15, 0.2) is 18.2 Å². The molecule has 19 heavy (non-hydrogen) atoms. The monoisotopic (exact) mass is 308 g/mol. The predicted molar refractivity (Wildman–Crippen MR) is 53.8 cm³/mol. The van der Waals surface area contributed by atoms with E-state index in [2.05, 4.69) is 9.47 Å². The second-order valence-electron chi connectivity index (χ2n) is 3.48. The van der Waals surface area contributed by atoms with Gasteiger partial charge in [0.05, 0.1) is 5.02 Å². The summed E-state index contributed by atoms with van der Waals surface area (Å²) < 4.78 is 80.1. The standard InChI is InChI=1S/C10H7ClF6O2/c1-5-2-3-7(6(11)4-5)18-9(13,14)8(12)19-10(15,16)17/h2-4,8H,1H3. The summed E-state index contributed by atoms with van der Waals surface area (Å²) in [5, 5.41) is -0.293. The van der Waals surface area contributed by atoms with Gasteiger partial charge in [-0.15, -0.1) is 13.2 Å². The average molecular weight is 309 g/mol. The van der Waals surface area contributed by atoms with Gasteiger partial charge in [0.1, 0.15) is 5.75 Å². The predicted octanol–water partition coefficient (Wildman–Crippen LogP) is 4.45. The first kappa shape index (κ1) is 15.9. The number of hydrogen-bond donors (Lipinski definition) is 0. The molecule has 0 aromatic heterocycles. The zero-order valence-corrected chi connectivity index (χ0v) is 10.0. The zero-order chi connectivity index (χ0) is 14.8. The van der Waals surface area contributed by atoms with Crippen LogP contribution in [0.2, 0.25) is 5.02 Å². The van der Waals surface area contributed by atoms with E-state index in [9.17, 15) is 26.3 Å². The summed E-state index contributed by atoms with van der Waals surface area (Å²) in [5.41, 5.74) is 0.601. The first-order chi connectivity index (χ1) is 8.51. The van der Waals surface area contributed by atoms with Crippen molar-refractivity contribution in [3.05, 3.63) is 28.8 Å². The van der Waals surface area contributed by atoms with Crippen LogP contribution in [-0.4, -0.2) is 18.8 Å². The maximum absolute atomic E-state index is 13.0. The fraction of sp³-hybridized carbons (Fsp3) is 0.400. The Kier molecular flexibility index (Phi) is 4.57. The summed E-state index contributed by atoms with van der Waals surface area (Å²) in [6.07, 6.45) is -14.4. The highest BCUT2D eigenvalue weighted by Crippen LogP contribution is 2.34. The van der Waals surface area contributed by atoms with Gasteiger partial charge in [-0.05, 0) is 24.6 Å². The lowest BCUT2D eigenvalue weighted by Gasteiger charge is -2.22. The second kappa shape index (κ2) is 5.46. The number of alkyl halides is 6. The summed E-state index contributed by atoms with van der Waals surface area (Å²) in [4.78, 5) is 0. The summed E-state index contributed by atoms with van der Waals surface area (Å²) in [5.74, 6) is -0.661. The van der Waals surface area contributed by atoms with E-state index in [1.54, 1.807) is 6.92 Å². The molecule has 1 atom stereocenters. The Morgan fingerprint density at radius 3 is 2.21 bits per heavy atom. The molecule has 1 rings (SSSR count). The quantitative estimate of drug-likeness (QED) is 0.765. The Balaban J connectivity index is 2.83. The largest absolute Gasteiger partial charge is 0.525 e. The van der Waals surface area contributed by atoms with Crippen LogP contribution in [0.25, 0.3) is 0 Å². The number of hydrogen-bond acceptors (Lipinski definition) is 2. The van der Waals surface area contributed by atoms with Crippen molar-refractivity contribution in [1.29, 1.82) is 0 Å². The van der Waals surface area contributed by atoms with Gasteiger partial charge in [-0.25, -0.2) is 9.13 Å². The lowest BCUT2D eigenvalue weighted by Crippen LogP contribution is -2.41. The lowest BCUT2D eigenvalue weighted by molar-refractivity contribution is -0.411. The van der Waals surface area contributed by atoms with E-state index >= 15 is 0 Å². The topological polar surface area (TPSA) is 18.5 Å². The molecule has 0 saturated heterocycles. The molecule has 0 aliphatic heterocycles. The highest BCUT2D eigenvalue weighted by Gasteiger charge is 2.50. The highest BCUT2D eigenvalue weighted by molar-refractivity contribution is 6.32. The first-order valence-corrected chi connectivity index (χ1v) is 5.10.